The predicted octanol–water partition coefficient (Wildman–Crippen LogP) is 3.41. The van der Waals surface area contributed by atoms with Gasteiger partial charge in [-0.3, -0.25) is 0 Å². The second-order valence-corrected chi connectivity index (χ2v) is 6.36. The summed E-state index contributed by atoms with van der Waals surface area (Å²) in [6, 6.07) is 4.41. The fraction of sp³-hybridized carbons (Fsp3) is 0.188. The van der Waals surface area contributed by atoms with Gasteiger partial charge in [0.1, 0.15) is 17.3 Å². The van der Waals surface area contributed by atoms with E-state index < -0.39 is 0 Å². The molecule has 0 saturated carbocycles. The molecule has 3 aromatic rings. The maximum Gasteiger partial charge on any atom is 0.224 e. The smallest absolute Gasteiger partial charge is 0.224 e. The van der Waals surface area contributed by atoms with Gasteiger partial charge in [-0.25, -0.2) is 9.97 Å². The molecule has 0 spiro atoms. The standard InChI is InChI=1S/C16H12Cl2N4O3/c17-10-5-8(12(23)6-13(10)24)15-9-7-22(4-2-11(9)21-25-15)14-1-3-19-16(18)20-14/h1,3,5-6,23-24H,2,4,7H2. The van der Waals surface area contributed by atoms with E-state index in [1.807, 2.05) is 4.90 Å². The fourth-order valence-corrected chi connectivity index (χ4v) is 3.16. The van der Waals surface area contributed by atoms with E-state index in [2.05, 4.69) is 15.1 Å². The summed E-state index contributed by atoms with van der Waals surface area (Å²) in [5.74, 6) is 0.779. The zero-order valence-electron chi connectivity index (χ0n) is 12.8. The van der Waals surface area contributed by atoms with Crippen LogP contribution in [0.1, 0.15) is 11.3 Å². The summed E-state index contributed by atoms with van der Waals surface area (Å²) in [7, 11) is 0. The number of rotatable bonds is 2. The molecular weight excluding hydrogens is 367 g/mol. The van der Waals surface area contributed by atoms with Gasteiger partial charge in [-0.05, 0) is 23.7 Å². The van der Waals surface area contributed by atoms with E-state index >= 15 is 0 Å². The maximum atomic E-state index is 10.2. The summed E-state index contributed by atoms with van der Waals surface area (Å²) < 4.78 is 5.45. The van der Waals surface area contributed by atoms with Crippen LogP contribution in [0, 0.1) is 0 Å². The average molecular weight is 379 g/mol. The van der Waals surface area contributed by atoms with Crippen molar-refractivity contribution in [1.29, 1.82) is 0 Å². The third kappa shape index (κ3) is 2.85. The van der Waals surface area contributed by atoms with E-state index in [1.54, 1.807) is 12.3 Å². The Labute approximate surface area is 152 Å². The van der Waals surface area contributed by atoms with E-state index in [9.17, 15) is 10.2 Å². The van der Waals surface area contributed by atoms with Gasteiger partial charge in [-0.1, -0.05) is 16.8 Å². The van der Waals surface area contributed by atoms with Gasteiger partial charge < -0.3 is 19.6 Å². The van der Waals surface area contributed by atoms with E-state index in [1.165, 1.54) is 12.1 Å². The number of anilines is 1. The quantitative estimate of drug-likeness (QED) is 0.659. The minimum atomic E-state index is -0.200. The van der Waals surface area contributed by atoms with Crippen LogP contribution in [0.2, 0.25) is 10.3 Å². The lowest BCUT2D eigenvalue weighted by molar-refractivity contribution is 0.417. The minimum absolute atomic E-state index is 0.119. The van der Waals surface area contributed by atoms with Crippen LogP contribution in [-0.2, 0) is 13.0 Å². The van der Waals surface area contributed by atoms with Gasteiger partial charge in [0.25, 0.3) is 0 Å². The number of phenols is 2. The molecule has 7 nitrogen and oxygen atoms in total. The van der Waals surface area contributed by atoms with Crippen LogP contribution < -0.4 is 4.90 Å². The molecule has 0 radical (unpaired) electrons. The fourth-order valence-electron chi connectivity index (χ4n) is 2.85. The lowest BCUT2D eigenvalue weighted by atomic mass is 10.0. The average Bonchev–Trinajstić information content (AvgIpc) is 3.01. The first kappa shape index (κ1) is 16.0. The Kier molecular flexibility index (Phi) is 3.89. The lowest BCUT2D eigenvalue weighted by Gasteiger charge is -2.27. The molecule has 2 aromatic heterocycles. The van der Waals surface area contributed by atoms with Crippen LogP contribution in [0.25, 0.3) is 11.3 Å². The molecule has 0 atom stereocenters. The van der Waals surface area contributed by atoms with Crippen molar-refractivity contribution >= 4 is 29.0 Å². The normalized spacial score (nSPS) is 13.8. The molecule has 1 aliphatic heterocycles. The van der Waals surface area contributed by atoms with E-state index in [0.717, 1.165) is 11.3 Å². The van der Waals surface area contributed by atoms with E-state index in [0.29, 0.717) is 36.7 Å². The van der Waals surface area contributed by atoms with Crippen LogP contribution in [0.15, 0.2) is 28.9 Å². The molecular formula is C16H12Cl2N4O3. The van der Waals surface area contributed by atoms with Crippen LogP contribution in [0.4, 0.5) is 5.82 Å². The van der Waals surface area contributed by atoms with Gasteiger partial charge in [0.2, 0.25) is 5.28 Å². The number of hydrogen-bond donors (Lipinski definition) is 2. The second kappa shape index (κ2) is 6.09. The van der Waals surface area contributed by atoms with E-state index in [4.69, 9.17) is 27.7 Å². The largest absolute Gasteiger partial charge is 0.507 e. The molecule has 0 unspecified atom stereocenters. The highest BCUT2D eigenvalue weighted by Gasteiger charge is 2.27. The molecule has 2 N–H and O–H groups in total. The Morgan fingerprint density at radius 3 is 2.80 bits per heavy atom. The van der Waals surface area contributed by atoms with Crippen LogP contribution in [-0.4, -0.2) is 31.9 Å². The molecule has 0 saturated heterocycles. The summed E-state index contributed by atoms with van der Waals surface area (Å²) in [5, 5.41) is 24.1. The first-order valence-electron chi connectivity index (χ1n) is 7.45. The lowest BCUT2D eigenvalue weighted by Crippen LogP contribution is -2.31. The van der Waals surface area contributed by atoms with Gasteiger partial charge in [0.05, 0.1) is 22.8 Å². The van der Waals surface area contributed by atoms with Gasteiger partial charge >= 0.3 is 0 Å². The first-order valence-corrected chi connectivity index (χ1v) is 8.21. The van der Waals surface area contributed by atoms with Crippen LogP contribution >= 0.6 is 23.2 Å². The van der Waals surface area contributed by atoms with Crippen molar-refractivity contribution in [2.45, 2.75) is 13.0 Å². The van der Waals surface area contributed by atoms with Gasteiger partial charge in [-0.15, -0.1) is 0 Å². The number of nitrogens with zero attached hydrogens (tertiary/aromatic N) is 4. The van der Waals surface area contributed by atoms with Crippen molar-refractivity contribution in [3.63, 3.8) is 0 Å². The first-order chi connectivity index (χ1) is 12.0. The zero-order valence-corrected chi connectivity index (χ0v) is 14.3. The molecule has 0 bridgehead atoms. The summed E-state index contributed by atoms with van der Waals surface area (Å²) in [5.41, 5.74) is 2.02. The van der Waals surface area contributed by atoms with Crippen LogP contribution in [0.3, 0.4) is 0 Å². The number of aromatic hydroxyl groups is 2. The van der Waals surface area contributed by atoms with Gasteiger partial charge in [-0.2, -0.15) is 0 Å². The second-order valence-electron chi connectivity index (χ2n) is 5.61. The number of phenolic OH excluding ortho intramolecular Hbond substituents is 2. The number of aromatic nitrogens is 3. The van der Waals surface area contributed by atoms with Gasteiger partial charge in [0, 0.05) is 30.8 Å². The summed E-state index contributed by atoms with van der Waals surface area (Å²) >= 11 is 11.8. The van der Waals surface area contributed by atoms with E-state index in [-0.39, 0.29) is 21.8 Å². The number of hydrogen-bond acceptors (Lipinski definition) is 7. The molecule has 0 aliphatic carbocycles. The predicted molar refractivity (Wildman–Crippen MR) is 92.1 cm³/mol. The molecule has 1 aliphatic rings. The van der Waals surface area contributed by atoms with Crippen molar-refractivity contribution in [1.82, 2.24) is 15.1 Å². The highest BCUT2D eigenvalue weighted by Crippen LogP contribution is 2.40. The molecule has 3 heterocycles. The highest BCUT2D eigenvalue weighted by atomic mass is 35.5. The number of benzene rings is 1. The minimum Gasteiger partial charge on any atom is -0.507 e. The molecule has 0 fully saturated rings. The molecule has 128 valence electrons. The van der Waals surface area contributed by atoms with Crippen molar-refractivity contribution in [3.8, 4) is 22.8 Å². The Bertz CT molecular complexity index is 961. The summed E-state index contributed by atoms with van der Waals surface area (Å²) in [4.78, 5) is 10.1. The Morgan fingerprint density at radius 2 is 2.00 bits per heavy atom. The number of fused-ring (bicyclic) bond motifs is 1. The maximum absolute atomic E-state index is 10.2. The third-order valence-corrected chi connectivity index (χ3v) is 4.57. The van der Waals surface area contributed by atoms with Crippen molar-refractivity contribution in [2.24, 2.45) is 0 Å². The molecule has 0 amide bonds. The molecule has 9 heteroatoms. The SMILES string of the molecule is Oc1cc(O)c(-c2onc3c2CN(c2ccnc(Cl)n2)CC3)cc1Cl. The third-order valence-electron chi connectivity index (χ3n) is 4.08. The number of halogens is 2. The Balaban J connectivity index is 1.74. The summed E-state index contributed by atoms with van der Waals surface area (Å²) in [6.07, 6.45) is 2.26. The topological polar surface area (TPSA) is 95.5 Å². The zero-order chi connectivity index (χ0) is 17.6. The highest BCUT2D eigenvalue weighted by molar-refractivity contribution is 6.32. The van der Waals surface area contributed by atoms with Gasteiger partial charge in [0.15, 0.2) is 5.76 Å². The van der Waals surface area contributed by atoms with Crippen molar-refractivity contribution in [2.75, 3.05) is 11.4 Å². The Morgan fingerprint density at radius 1 is 1.16 bits per heavy atom. The van der Waals surface area contributed by atoms with Crippen LogP contribution in [0.5, 0.6) is 11.5 Å². The molecule has 1 aromatic carbocycles. The summed E-state index contributed by atoms with van der Waals surface area (Å²) in [6.45, 7) is 1.19. The molecule has 4 rings (SSSR count). The monoisotopic (exact) mass is 378 g/mol. The van der Waals surface area contributed by atoms with Crippen molar-refractivity contribution in [3.05, 3.63) is 46.0 Å². The Hall–Kier alpha value is -2.51. The molecule has 25 heavy (non-hydrogen) atoms. The van der Waals surface area contributed by atoms with Crippen molar-refractivity contribution < 1.29 is 14.7 Å².